The minimum absolute atomic E-state index is 0.171. The van der Waals surface area contributed by atoms with Crippen LogP contribution in [0.15, 0.2) is 28.8 Å². The van der Waals surface area contributed by atoms with Crippen LogP contribution < -0.4 is 5.32 Å². The molecule has 1 N–H and O–H groups in total. The third kappa shape index (κ3) is 2.71. The van der Waals surface area contributed by atoms with E-state index in [2.05, 4.69) is 24.3 Å². The predicted molar refractivity (Wildman–Crippen MR) is 81.5 cm³/mol. The summed E-state index contributed by atoms with van der Waals surface area (Å²) in [6.07, 6.45) is 3.73. The van der Waals surface area contributed by atoms with Crippen molar-refractivity contribution in [2.45, 2.75) is 39.5 Å². The number of rotatable bonds is 3. The van der Waals surface area contributed by atoms with Crippen molar-refractivity contribution in [3.05, 3.63) is 46.8 Å². The molecule has 21 heavy (non-hydrogen) atoms. The molecule has 1 aliphatic carbocycles. The van der Waals surface area contributed by atoms with Crippen LogP contribution in [0.25, 0.3) is 0 Å². The summed E-state index contributed by atoms with van der Waals surface area (Å²) in [6, 6.07) is 7.85. The van der Waals surface area contributed by atoms with Crippen LogP contribution >= 0.6 is 0 Å². The van der Waals surface area contributed by atoms with Crippen LogP contribution in [0.1, 0.15) is 47.6 Å². The zero-order valence-corrected chi connectivity index (χ0v) is 12.5. The standard InChI is InChI=1S/C17H20N2O2/c1-3-12-6-4-5-7-14(12)18-17(20)16-13-10-11(2)8-9-15(13)21-19-16/h4-7,11H,3,8-10H2,1-2H3,(H,18,20)/t11-/m0/s1. The van der Waals surface area contributed by atoms with Crippen LogP contribution in [0.2, 0.25) is 0 Å². The van der Waals surface area contributed by atoms with Gasteiger partial charge < -0.3 is 9.84 Å². The number of fused-ring (bicyclic) bond motifs is 1. The number of nitrogens with one attached hydrogen (secondary N) is 1. The van der Waals surface area contributed by atoms with Gasteiger partial charge in [-0.1, -0.05) is 37.2 Å². The smallest absolute Gasteiger partial charge is 0.278 e. The molecule has 0 fully saturated rings. The van der Waals surface area contributed by atoms with E-state index in [0.717, 1.165) is 48.3 Å². The number of carbonyl (C=O) groups excluding carboxylic acids is 1. The molecule has 2 aromatic rings. The third-order valence-electron chi connectivity index (χ3n) is 4.15. The van der Waals surface area contributed by atoms with Gasteiger partial charge in [0.25, 0.3) is 5.91 Å². The highest BCUT2D eigenvalue weighted by Gasteiger charge is 2.27. The number of anilines is 1. The summed E-state index contributed by atoms with van der Waals surface area (Å²) in [4.78, 5) is 12.5. The van der Waals surface area contributed by atoms with Gasteiger partial charge in [0.15, 0.2) is 5.69 Å². The number of nitrogens with zero attached hydrogens (tertiary/aromatic N) is 1. The summed E-state index contributed by atoms with van der Waals surface area (Å²) >= 11 is 0. The van der Waals surface area contributed by atoms with Crippen molar-refractivity contribution in [3.8, 4) is 0 Å². The van der Waals surface area contributed by atoms with Crippen molar-refractivity contribution in [2.24, 2.45) is 5.92 Å². The third-order valence-corrected chi connectivity index (χ3v) is 4.15. The monoisotopic (exact) mass is 284 g/mol. The van der Waals surface area contributed by atoms with Crippen molar-refractivity contribution in [3.63, 3.8) is 0 Å². The molecule has 0 aliphatic heterocycles. The Hall–Kier alpha value is -2.10. The average Bonchev–Trinajstić information content (AvgIpc) is 2.90. The lowest BCUT2D eigenvalue weighted by molar-refractivity contribution is 0.101. The second-order valence-electron chi connectivity index (χ2n) is 5.75. The van der Waals surface area contributed by atoms with Crippen LogP contribution in [-0.2, 0) is 19.3 Å². The summed E-state index contributed by atoms with van der Waals surface area (Å²) in [7, 11) is 0. The Bertz CT molecular complexity index is 661. The van der Waals surface area contributed by atoms with Gasteiger partial charge in [-0.25, -0.2) is 0 Å². The highest BCUT2D eigenvalue weighted by atomic mass is 16.5. The minimum Gasteiger partial charge on any atom is -0.360 e. The molecule has 1 heterocycles. The van der Waals surface area contributed by atoms with Gasteiger partial charge >= 0.3 is 0 Å². The molecule has 0 spiro atoms. The van der Waals surface area contributed by atoms with E-state index < -0.39 is 0 Å². The second kappa shape index (κ2) is 5.72. The Morgan fingerprint density at radius 3 is 3.05 bits per heavy atom. The first-order chi connectivity index (χ1) is 10.2. The van der Waals surface area contributed by atoms with Crippen LogP contribution in [-0.4, -0.2) is 11.1 Å². The summed E-state index contributed by atoms with van der Waals surface area (Å²) in [5.41, 5.74) is 3.41. The molecule has 1 atom stereocenters. The normalized spacial score (nSPS) is 17.3. The summed E-state index contributed by atoms with van der Waals surface area (Å²) in [5, 5.41) is 6.96. The Morgan fingerprint density at radius 2 is 2.24 bits per heavy atom. The predicted octanol–water partition coefficient (Wildman–Crippen LogP) is 3.61. The highest BCUT2D eigenvalue weighted by Crippen LogP contribution is 2.28. The summed E-state index contributed by atoms with van der Waals surface area (Å²) < 4.78 is 5.34. The Labute approximate surface area is 124 Å². The molecular weight excluding hydrogens is 264 g/mol. The van der Waals surface area contributed by atoms with Gasteiger partial charge in [-0.3, -0.25) is 4.79 Å². The van der Waals surface area contributed by atoms with E-state index in [1.807, 2.05) is 24.3 Å². The molecule has 110 valence electrons. The van der Waals surface area contributed by atoms with E-state index in [-0.39, 0.29) is 5.91 Å². The van der Waals surface area contributed by atoms with Crippen molar-refractivity contribution in [1.82, 2.24) is 5.16 Å². The van der Waals surface area contributed by atoms with Crippen molar-refractivity contribution in [1.29, 1.82) is 0 Å². The van der Waals surface area contributed by atoms with E-state index in [1.165, 1.54) is 0 Å². The molecule has 4 heteroatoms. The summed E-state index contributed by atoms with van der Waals surface area (Å²) in [5.74, 6) is 1.28. The first kappa shape index (κ1) is 13.9. The van der Waals surface area contributed by atoms with Gasteiger partial charge in [0.2, 0.25) is 0 Å². The first-order valence-corrected chi connectivity index (χ1v) is 7.55. The molecule has 4 nitrogen and oxygen atoms in total. The van der Waals surface area contributed by atoms with Gasteiger partial charge in [0, 0.05) is 17.7 Å². The van der Waals surface area contributed by atoms with Crippen LogP contribution in [0.3, 0.4) is 0 Å². The zero-order valence-electron chi connectivity index (χ0n) is 12.5. The lowest BCUT2D eigenvalue weighted by atomic mass is 9.88. The maximum absolute atomic E-state index is 12.5. The van der Waals surface area contributed by atoms with E-state index in [9.17, 15) is 4.79 Å². The number of carbonyl (C=O) groups is 1. The highest BCUT2D eigenvalue weighted by molar-refractivity contribution is 6.04. The van der Waals surface area contributed by atoms with Crippen LogP contribution in [0, 0.1) is 5.92 Å². The molecule has 0 saturated heterocycles. The zero-order chi connectivity index (χ0) is 14.8. The number of aryl methyl sites for hydroxylation is 2. The largest absolute Gasteiger partial charge is 0.360 e. The fourth-order valence-electron chi connectivity index (χ4n) is 2.89. The maximum Gasteiger partial charge on any atom is 0.278 e. The molecule has 0 saturated carbocycles. The van der Waals surface area contributed by atoms with Crippen LogP contribution in [0.4, 0.5) is 5.69 Å². The quantitative estimate of drug-likeness (QED) is 0.936. The second-order valence-corrected chi connectivity index (χ2v) is 5.75. The topological polar surface area (TPSA) is 55.1 Å². The SMILES string of the molecule is CCc1ccccc1NC(=O)c1noc2c1C[C@@H](C)CC2. The Balaban J connectivity index is 1.85. The van der Waals surface area contributed by atoms with E-state index in [0.29, 0.717) is 11.6 Å². The Morgan fingerprint density at radius 1 is 1.43 bits per heavy atom. The van der Waals surface area contributed by atoms with E-state index in [4.69, 9.17) is 4.52 Å². The molecule has 1 aromatic heterocycles. The molecule has 1 amide bonds. The number of aromatic nitrogens is 1. The first-order valence-electron chi connectivity index (χ1n) is 7.55. The molecule has 1 aliphatic rings. The number of para-hydroxylation sites is 1. The van der Waals surface area contributed by atoms with Crippen molar-refractivity contribution < 1.29 is 9.32 Å². The molecule has 0 radical (unpaired) electrons. The van der Waals surface area contributed by atoms with Crippen molar-refractivity contribution >= 4 is 11.6 Å². The van der Waals surface area contributed by atoms with E-state index >= 15 is 0 Å². The van der Waals surface area contributed by atoms with Gasteiger partial charge in [-0.15, -0.1) is 0 Å². The summed E-state index contributed by atoms with van der Waals surface area (Å²) in [6.45, 7) is 4.27. The maximum atomic E-state index is 12.5. The van der Waals surface area contributed by atoms with Gasteiger partial charge in [-0.2, -0.15) is 0 Å². The van der Waals surface area contributed by atoms with Gasteiger partial charge in [0.1, 0.15) is 5.76 Å². The lowest BCUT2D eigenvalue weighted by Crippen LogP contribution is -2.18. The van der Waals surface area contributed by atoms with Gasteiger partial charge in [-0.05, 0) is 36.8 Å². The molecule has 0 bridgehead atoms. The number of hydrogen-bond acceptors (Lipinski definition) is 3. The number of benzene rings is 1. The molecule has 3 rings (SSSR count). The average molecular weight is 284 g/mol. The minimum atomic E-state index is -0.171. The molecule has 1 aromatic carbocycles. The number of amides is 1. The lowest BCUT2D eigenvalue weighted by Gasteiger charge is -2.16. The Kier molecular flexibility index (Phi) is 3.78. The molecular formula is C17H20N2O2. The fraction of sp³-hybridized carbons (Fsp3) is 0.412. The fourth-order valence-corrected chi connectivity index (χ4v) is 2.89. The number of hydrogen-bond donors (Lipinski definition) is 1. The van der Waals surface area contributed by atoms with E-state index in [1.54, 1.807) is 0 Å². The van der Waals surface area contributed by atoms with Gasteiger partial charge in [0.05, 0.1) is 0 Å². The van der Waals surface area contributed by atoms with Crippen LogP contribution in [0.5, 0.6) is 0 Å². The van der Waals surface area contributed by atoms with Crippen molar-refractivity contribution in [2.75, 3.05) is 5.32 Å². The molecule has 0 unspecified atom stereocenters.